The summed E-state index contributed by atoms with van der Waals surface area (Å²) in [5.41, 5.74) is -0.249. The SMILES string of the molecule is O=[N+]([O-])c1ccccc1NS(=O)(=O)N1CCCCC1. The van der Waals surface area contributed by atoms with E-state index < -0.39 is 15.1 Å². The van der Waals surface area contributed by atoms with E-state index in [1.165, 1.54) is 22.5 Å². The van der Waals surface area contributed by atoms with Crippen molar-refractivity contribution >= 4 is 21.6 Å². The Hall–Kier alpha value is -1.67. The van der Waals surface area contributed by atoms with Crippen LogP contribution in [0.25, 0.3) is 0 Å². The standard InChI is InChI=1S/C11H15N3O4S/c15-14(16)11-7-3-2-6-10(11)12-19(17,18)13-8-4-1-5-9-13/h2-3,6-7,12H,1,4-5,8-9H2. The number of nitro groups is 1. The lowest BCUT2D eigenvalue weighted by Gasteiger charge is -2.26. The zero-order valence-electron chi connectivity index (χ0n) is 10.3. The number of hydrogen-bond acceptors (Lipinski definition) is 4. The van der Waals surface area contributed by atoms with Crippen molar-refractivity contribution in [3.8, 4) is 0 Å². The van der Waals surface area contributed by atoms with Crippen LogP contribution in [0, 0.1) is 10.1 Å². The molecule has 1 heterocycles. The van der Waals surface area contributed by atoms with Crippen LogP contribution in [-0.2, 0) is 10.2 Å². The van der Waals surface area contributed by atoms with E-state index in [-0.39, 0.29) is 11.4 Å². The summed E-state index contributed by atoms with van der Waals surface area (Å²) >= 11 is 0. The molecule has 0 radical (unpaired) electrons. The van der Waals surface area contributed by atoms with Gasteiger partial charge in [-0.25, -0.2) is 0 Å². The molecule has 0 unspecified atom stereocenters. The zero-order chi connectivity index (χ0) is 13.9. The molecule has 1 aromatic rings. The van der Waals surface area contributed by atoms with Crippen molar-refractivity contribution < 1.29 is 13.3 Å². The second-order valence-electron chi connectivity index (χ2n) is 4.34. The van der Waals surface area contributed by atoms with Gasteiger partial charge in [-0.2, -0.15) is 12.7 Å². The topological polar surface area (TPSA) is 92.5 Å². The van der Waals surface area contributed by atoms with E-state index in [4.69, 9.17) is 0 Å². The number of hydrogen-bond donors (Lipinski definition) is 1. The summed E-state index contributed by atoms with van der Waals surface area (Å²) in [4.78, 5) is 10.2. The van der Waals surface area contributed by atoms with Crippen LogP contribution in [0.4, 0.5) is 11.4 Å². The summed E-state index contributed by atoms with van der Waals surface area (Å²) in [6.45, 7) is 0.909. The van der Waals surface area contributed by atoms with Crippen LogP contribution in [-0.4, -0.2) is 30.7 Å². The lowest BCUT2D eigenvalue weighted by atomic mass is 10.2. The molecule has 0 aliphatic carbocycles. The summed E-state index contributed by atoms with van der Waals surface area (Å²) in [6, 6.07) is 5.71. The Kier molecular flexibility index (Phi) is 4.01. The van der Waals surface area contributed by atoms with Crippen LogP contribution in [0.1, 0.15) is 19.3 Å². The molecule has 1 aliphatic rings. The average Bonchev–Trinajstić information content (AvgIpc) is 2.39. The summed E-state index contributed by atoms with van der Waals surface area (Å²) in [5.74, 6) is 0. The maximum atomic E-state index is 12.1. The maximum Gasteiger partial charge on any atom is 0.301 e. The molecular weight excluding hydrogens is 270 g/mol. The van der Waals surface area contributed by atoms with Gasteiger partial charge >= 0.3 is 10.2 Å². The number of piperidine rings is 1. The number of anilines is 1. The molecule has 2 rings (SSSR count). The highest BCUT2D eigenvalue weighted by atomic mass is 32.2. The Morgan fingerprint density at radius 1 is 1.16 bits per heavy atom. The fourth-order valence-electron chi connectivity index (χ4n) is 2.03. The summed E-state index contributed by atoms with van der Waals surface area (Å²) in [6.07, 6.45) is 2.65. The van der Waals surface area contributed by atoms with Crippen LogP contribution in [0.15, 0.2) is 24.3 Å². The molecule has 7 nitrogen and oxygen atoms in total. The Balaban J connectivity index is 2.22. The summed E-state index contributed by atoms with van der Waals surface area (Å²) < 4.78 is 27.9. The fraction of sp³-hybridized carbons (Fsp3) is 0.455. The molecule has 0 amide bonds. The molecule has 0 bridgehead atoms. The molecular formula is C11H15N3O4S. The Morgan fingerprint density at radius 2 is 1.79 bits per heavy atom. The first-order chi connectivity index (χ1) is 9.00. The molecule has 0 aromatic heterocycles. The van der Waals surface area contributed by atoms with Crippen LogP contribution in [0.2, 0.25) is 0 Å². The second kappa shape index (κ2) is 5.54. The molecule has 0 spiro atoms. The first-order valence-electron chi connectivity index (χ1n) is 6.02. The number of benzene rings is 1. The van der Waals surface area contributed by atoms with Crippen molar-refractivity contribution in [1.82, 2.24) is 4.31 Å². The summed E-state index contributed by atoms with van der Waals surface area (Å²) in [7, 11) is -3.71. The largest absolute Gasteiger partial charge is 0.301 e. The predicted molar refractivity (Wildman–Crippen MR) is 71.1 cm³/mol. The van der Waals surface area contributed by atoms with Gasteiger partial charge in [0.05, 0.1) is 4.92 Å². The minimum absolute atomic E-state index is 0.00178. The Bertz CT molecular complexity index is 567. The molecule has 8 heteroatoms. The minimum Gasteiger partial charge on any atom is -0.264 e. The van der Waals surface area contributed by atoms with Crippen LogP contribution in [0.3, 0.4) is 0 Å². The van der Waals surface area contributed by atoms with Crippen molar-refractivity contribution in [2.45, 2.75) is 19.3 Å². The third kappa shape index (κ3) is 3.21. The van der Waals surface area contributed by atoms with Crippen molar-refractivity contribution in [1.29, 1.82) is 0 Å². The van der Waals surface area contributed by atoms with Crippen molar-refractivity contribution in [3.63, 3.8) is 0 Å². The normalized spacial score (nSPS) is 17.1. The van der Waals surface area contributed by atoms with Gasteiger partial charge in [0.1, 0.15) is 5.69 Å². The number of para-hydroxylation sites is 2. The van der Waals surface area contributed by atoms with E-state index in [2.05, 4.69) is 4.72 Å². The lowest BCUT2D eigenvalue weighted by molar-refractivity contribution is -0.383. The third-order valence-corrected chi connectivity index (χ3v) is 4.52. The first-order valence-corrected chi connectivity index (χ1v) is 7.46. The number of nitrogens with zero attached hydrogens (tertiary/aromatic N) is 2. The van der Waals surface area contributed by atoms with Gasteiger partial charge in [-0.15, -0.1) is 0 Å². The van der Waals surface area contributed by atoms with Gasteiger partial charge in [0, 0.05) is 19.2 Å². The Morgan fingerprint density at radius 3 is 2.42 bits per heavy atom. The highest BCUT2D eigenvalue weighted by Crippen LogP contribution is 2.25. The Labute approximate surface area is 111 Å². The van der Waals surface area contributed by atoms with Crippen molar-refractivity contribution in [3.05, 3.63) is 34.4 Å². The summed E-state index contributed by atoms with van der Waals surface area (Å²) in [5, 5.41) is 10.8. The molecule has 1 saturated heterocycles. The highest BCUT2D eigenvalue weighted by molar-refractivity contribution is 7.90. The molecule has 1 aromatic carbocycles. The van der Waals surface area contributed by atoms with Gasteiger partial charge in [0.2, 0.25) is 0 Å². The van der Waals surface area contributed by atoms with Crippen LogP contribution < -0.4 is 4.72 Å². The van der Waals surface area contributed by atoms with E-state index >= 15 is 0 Å². The third-order valence-electron chi connectivity index (χ3n) is 2.99. The van der Waals surface area contributed by atoms with Gasteiger partial charge in [-0.3, -0.25) is 14.8 Å². The maximum absolute atomic E-state index is 12.1. The quantitative estimate of drug-likeness (QED) is 0.673. The molecule has 1 fully saturated rings. The van der Waals surface area contributed by atoms with Crippen molar-refractivity contribution in [2.24, 2.45) is 0 Å². The minimum atomic E-state index is -3.71. The van der Waals surface area contributed by atoms with Crippen LogP contribution in [0.5, 0.6) is 0 Å². The molecule has 0 atom stereocenters. The highest BCUT2D eigenvalue weighted by Gasteiger charge is 2.26. The van der Waals surface area contributed by atoms with Crippen LogP contribution >= 0.6 is 0 Å². The smallest absolute Gasteiger partial charge is 0.264 e. The molecule has 104 valence electrons. The van der Waals surface area contributed by atoms with Gasteiger partial charge < -0.3 is 0 Å². The molecule has 1 N–H and O–H groups in total. The van der Waals surface area contributed by atoms with Gasteiger partial charge in [0.25, 0.3) is 5.69 Å². The van der Waals surface area contributed by atoms with Gasteiger partial charge in [-0.1, -0.05) is 18.6 Å². The lowest BCUT2D eigenvalue weighted by Crippen LogP contribution is -2.39. The molecule has 1 aliphatic heterocycles. The molecule has 19 heavy (non-hydrogen) atoms. The first kappa shape index (κ1) is 13.8. The zero-order valence-corrected chi connectivity index (χ0v) is 11.1. The van der Waals surface area contributed by atoms with E-state index in [1.54, 1.807) is 6.07 Å². The second-order valence-corrected chi connectivity index (χ2v) is 6.01. The van der Waals surface area contributed by atoms with E-state index in [1.807, 2.05) is 0 Å². The van der Waals surface area contributed by atoms with E-state index in [0.29, 0.717) is 13.1 Å². The number of nitro benzene ring substituents is 1. The monoisotopic (exact) mass is 285 g/mol. The number of nitrogens with one attached hydrogen (secondary N) is 1. The number of rotatable bonds is 4. The van der Waals surface area contributed by atoms with E-state index in [9.17, 15) is 18.5 Å². The van der Waals surface area contributed by atoms with Crippen molar-refractivity contribution in [2.75, 3.05) is 17.8 Å². The molecule has 0 saturated carbocycles. The van der Waals surface area contributed by atoms with Gasteiger partial charge in [0.15, 0.2) is 0 Å². The average molecular weight is 285 g/mol. The van der Waals surface area contributed by atoms with Gasteiger partial charge in [-0.05, 0) is 18.9 Å². The predicted octanol–water partition coefficient (Wildman–Crippen LogP) is 1.74. The fourth-order valence-corrected chi connectivity index (χ4v) is 3.35. The van der Waals surface area contributed by atoms with E-state index in [0.717, 1.165) is 19.3 Å².